The van der Waals surface area contributed by atoms with Crippen LogP contribution in [0.4, 0.5) is 0 Å². The molecule has 5 aliphatic heterocycles. The van der Waals surface area contributed by atoms with E-state index in [1.807, 2.05) is 0 Å². The number of fused-ring (bicyclic) bond motifs is 10. The molecule has 2 bridgehead atoms. The van der Waals surface area contributed by atoms with Crippen LogP contribution in [-0.4, -0.2) is 121 Å². The lowest BCUT2D eigenvalue weighted by atomic mass is 9.70. The van der Waals surface area contributed by atoms with Crippen LogP contribution in [0, 0.1) is 0 Å². The van der Waals surface area contributed by atoms with E-state index < -0.39 is 186 Å². The Morgan fingerprint density at radius 3 is 1.32 bits per heavy atom. The Morgan fingerprint density at radius 1 is 0.333 bits per heavy atom. The summed E-state index contributed by atoms with van der Waals surface area (Å²) in [7, 11) is 0. The van der Waals surface area contributed by atoms with Gasteiger partial charge in [0, 0.05) is 81.3 Å². The van der Waals surface area contributed by atoms with Crippen molar-refractivity contribution in [2.24, 2.45) is 0 Å². The average molecular weight is 1150 g/mol. The molecule has 5 aliphatic rings. The summed E-state index contributed by atoms with van der Waals surface area (Å²) in [6.07, 6.45) is -12.8. The topological polar surface area (TPSA) is 431 Å². The summed E-state index contributed by atoms with van der Waals surface area (Å²) in [6, 6.07) is 18.1. The highest BCUT2D eigenvalue weighted by molar-refractivity contribution is 5.74. The summed E-state index contributed by atoms with van der Waals surface area (Å²) >= 11 is 0. The number of aliphatic hydroxyl groups is 4. The van der Waals surface area contributed by atoms with E-state index in [2.05, 4.69) is 0 Å². The lowest BCUT2D eigenvalue weighted by Gasteiger charge is -2.51. The third-order valence-corrected chi connectivity index (χ3v) is 16.4. The van der Waals surface area contributed by atoms with Crippen molar-refractivity contribution in [1.82, 2.24) is 0 Å². The monoisotopic (exact) mass is 1150 g/mol. The van der Waals surface area contributed by atoms with Crippen LogP contribution in [-0.2, 0) is 12.2 Å². The van der Waals surface area contributed by atoms with Gasteiger partial charge in [-0.3, -0.25) is 0 Å². The summed E-state index contributed by atoms with van der Waals surface area (Å²) in [4.78, 5) is 0. The number of benzene rings is 8. The standard InChI is InChI=1S/C60H48O24/c61-23-13-34(71)42-40(14-23)80-54(20-2-6-26(63)31(68)10-20)51(77)48(42)43-35(72)16-36(73)44-49(52(78)55(82-57(43)44)21-3-7-27(64)32(69)11-21)45-37(74)17-38(75)46-50-47-41(83-60(59(50)79,84-58(45)46)22-4-8-28(65)33(70)12-22)18-29(66)24-15-39(76)53(81-56(24)47)19-1-5-25(62)30(67)9-19/h1-14,16-18,39,48-55,59,61-79H,15H2/t39?,48?,49?,50?,51-,52-,53?,54-,55-,59-,60-/m1/s1. The van der Waals surface area contributed by atoms with E-state index in [1.165, 1.54) is 24.3 Å². The molecule has 84 heavy (non-hydrogen) atoms. The predicted molar refractivity (Wildman–Crippen MR) is 283 cm³/mol. The second-order valence-electron chi connectivity index (χ2n) is 21.2. The molecule has 11 atom stereocenters. The maximum atomic E-state index is 13.1. The Bertz CT molecular complexity index is 4110. The van der Waals surface area contributed by atoms with E-state index in [0.29, 0.717) is 0 Å². The highest BCUT2D eigenvalue weighted by Gasteiger charge is 2.62. The lowest BCUT2D eigenvalue weighted by molar-refractivity contribution is -0.219. The summed E-state index contributed by atoms with van der Waals surface area (Å²) in [5.74, 6) is -20.5. The van der Waals surface area contributed by atoms with Crippen LogP contribution >= 0.6 is 0 Å². The third-order valence-electron chi connectivity index (χ3n) is 16.4. The maximum absolute atomic E-state index is 13.1. The van der Waals surface area contributed by atoms with Gasteiger partial charge in [0.05, 0.1) is 23.9 Å². The molecule has 13 rings (SSSR count). The van der Waals surface area contributed by atoms with E-state index in [-0.39, 0.29) is 62.6 Å². The summed E-state index contributed by atoms with van der Waals surface area (Å²) < 4.78 is 32.8. The van der Waals surface area contributed by atoms with Gasteiger partial charge in [0.2, 0.25) is 0 Å². The van der Waals surface area contributed by atoms with Crippen molar-refractivity contribution in [3.8, 4) is 115 Å². The third kappa shape index (κ3) is 7.68. The molecule has 0 radical (unpaired) electrons. The van der Waals surface area contributed by atoms with Crippen molar-refractivity contribution in [2.45, 2.75) is 72.7 Å². The van der Waals surface area contributed by atoms with Gasteiger partial charge in [-0.2, -0.15) is 0 Å². The first-order chi connectivity index (χ1) is 40.0. The zero-order valence-electron chi connectivity index (χ0n) is 42.8. The van der Waals surface area contributed by atoms with Crippen LogP contribution in [0.5, 0.6) is 115 Å². The summed E-state index contributed by atoms with van der Waals surface area (Å²) in [5, 5.41) is 218. The molecule has 19 N–H and O–H groups in total. The fourth-order valence-electron chi connectivity index (χ4n) is 12.5. The van der Waals surface area contributed by atoms with Gasteiger partial charge < -0.3 is 121 Å². The van der Waals surface area contributed by atoms with Crippen LogP contribution in [0.3, 0.4) is 0 Å². The van der Waals surface area contributed by atoms with Crippen molar-refractivity contribution in [3.63, 3.8) is 0 Å². The first-order valence-electron chi connectivity index (χ1n) is 25.8. The second kappa shape index (κ2) is 18.6. The van der Waals surface area contributed by atoms with Gasteiger partial charge in [0.25, 0.3) is 0 Å². The van der Waals surface area contributed by atoms with E-state index in [0.717, 1.165) is 78.9 Å². The fourth-order valence-corrected chi connectivity index (χ4v) is 12.5. The Morgan fingerprint density at radius 2 is 0.786 bits per heavy atom. The van der Waals surface area contributed by atoms with Gasteiger partial charge in [-0.15, -0.1) is 0 Å². The highest BCUT2D eigenvalue weighted by Crippen LogP contribution is 2.67. The van der Waals surface area contributed by atoms with Gasteiger partial charge >= 0.3 is 5.79 Å². The number of phenolic OH excluding ortho intramolecular Hbond substituents is 15. The second-order valence-corrected chi connectivity index (χ2v) is 21.2. The molecule has 5 unspecified atom stereocenters. The van der Waals surface area contributed by atoms with Crippen molar-refractivity contribution in [1.29, 1.82) is 0 Å². The Balaban J connectivity index is 1.09. The molecule has 0 spiro atoms. The normalized spacial score (nSPS) is 25.1. The zero-order chi connectivity index (χ0) is 59.4. The number of aromatic hydroxyl groups is 15. The molecular weight excluding hydrogens is 1100 g/mol. The molecule has 0 aromatic heterocycles. The smallest absolute Gasteiger partial charge is 0.305 e. The minimum atomic E-state index is -2.69. The van der Waals surface area contributed by atoms with E-state index in [1.54, 1.807) is 0 Å². The van der Waals surface area contributed by atoms with Crippen molar-refractivity contribution >= 4 is 0 Å². The SMILES string of the molecule is Oc1cc(O)c2c(c1)O[C@H](c1ccc(O)c(O)c1)[C@H](O)C2c1c(O)cc(O)c2c1O[C@H](c1ccc(O)c(O)c1)[C@H](O)C2c1c(O)cc(O)c2c1O[C@@]1(c3ccc(O)c(O)c3)Oc3cc(O)c4c(c3C2[C@H]1O)OC(c1ccc(O)c(O)c1)C(O)C4. The molecule has 8 aromatic carbocycles. The fraction of sp³-hybridized carbons (Fsp3) is 0.200. The molecule has 0 amide bonds. The van der Waals surface area contributed by atoms with Gasteiger partial charge in [-0.1, -0.05) is 18.2 Å². The molecule has 24 heteroatoms. The van der Waals surface area contributed by atoms with Crippen LogP contribution in [0.15, 0.2) is 103 Å². The molecule has 0 fully saturated rings. The zero-order valence-corrected chi connectivity index (χ0v) is 42.8. The number of aliphatic hydroxyl groups excluding tert-OH is 4. The summed E-state index contributed by atoms with van der Waals surface area (Å²) in [5.41, 5.74) is -2.71. The van der Waals surface area contributed by atoms with E-state index in [9.17, 15) is 97.0 Å². The lowest BCUT2D eigenvalue weighted by Crippen LogP contribution is -2.58. The van der Waals surface area contributed by atoms with Crippen molar-refractivity contribution < 1.29 is 121 Å². The molecule has 24 nitrogen and oxygen atoms in total. The molecule has 0 saturated carbocycles. The van der Waals surface area contributed by atoms with Crippen LogP contribution in [0.1, 0.15) is 97.3 Å². The number of hydrogen-bond donors (Lipinski definition) is 19. The minimum Gasteiger partial charge on any atom is -0.508 e. The van der Waals surface area contributed by atoms with Gasteiger partial charge in [-0.25, -0.2) is 0 Å². The quantitative estimate of drug-likeness (QED) is 0.0889. The van der Waals surface area contributed by atoms with Crippen LogP contribution in [0.25, 0.3) is 0 Å². The van der Waals surface area contributed by atoms with Crippen LogP contribution in [0.2, 0.25) is 0 Å². The molecule has 5 heterocycles. The van der Waals surface area contributed by atoms with Gasteiger partial charge in [0.15, 0.2) is 58.2 Å². The number of phenols is 15. The summed E-state index contributed by atoms with van der Waals surface area (Å²) in [6.45, 7) is 0. The van der Waals surface area contributed by atoms with E-state index >= 15 is 0 Å². The molecule has 432 valence electrons. The Labute approximate surface area is 471 Å². The first-order valence-corrected chi connectivity index (χ1v) is 25.8. The minimum absolute atomic E-state index is 0.00788. The van der Waals surface area contributed by atoms with Gasteiger partial charge in [-0.05, 0) is 71.3 Å². The van der Waals surface area contributed by atoms with Crippen molar-refractivity contribution in [3.05, 3.63) is 164 Å². The number of ether oxygens (including phenoxy) is 5. The van der Waals surface area contributed by atoms with Gasteiger partial charge in [0.1, 0.15) is 93.4 Å². The first kappa shape index (κ1) is 52.9. The molecule has 8 aromatic rings. The Kier molecular flexibility index (Phi) is 11.7. The van der Waals surface area contributed by atoms with Crippen LogP contribution < -0.4 is 23.7 Å². The van der Waals surface area contributed by atoms with Crippen molar-refractivity contribution in [2.75, 3.05) is 0 Å². The van der Waals surface area contributed by atoms with E-state index in [4.69, 9.17) is 23.7 Å². The number of rotatable bonds is 6. The molecule has 0 aliphatic carbocycles. The predicted octanol–water partition coefficient (Wildman–Crippen LogP) is 5.69. The maximum Gasteiger partial charge on any atom is 0.305 e. The highest BCUT2D eigenvalue weighted by atomic mass is 16.7. The average Bonchev–Trinajstić information content (AvgIpc) is 0.716. The number of hydrogen-bond acceptors (Lipinski definition) is 24. The Hall–Kier alpha value is -10.4. The largest absolute Gasteiger partial charge is 0.508 e. The molecular formula is C60H48O24. The molecule has 0 saturated heterocycles.